The van der Waals surface area contributed by atoms with E-state index in [0.717, 1.165) is 31.4 Å². The molecule has 1 aliphatic heterocycles. The first-order chi connectivity index (χ1) is 11.2. The lowest BCUT2D eigenvalue weighted by Crippen LogP contribution is -2.43. The van der Waals surface area contributed by atoms with Crippen LogP contribution in [0.4, 0.5) is 4.79 Å². The maximum absolute atomic E-state index is 12.1. The lowest BCUT2D eigenvalue weighted by Gasteiger charge is -2.24. The van der Waals surface area contributed by atoms with Crippen LogP contribution in [0.2, 0.25) is 0 Å². The van der Waals surface area contributed by atoms with Crippen molar-refractivity contribution in [3.05, 3.63) is 0 Å². The number of aliphatic carboxylic acids is 1. The molecule has 0 spiro atoms. The van der Waals surface area contributed by atoms with Crippen molar-refractivity contribution in [2.24, 2.45) is 17.0 Å². The topological polar surface area (TPSA) is 97.2 Å². The van der Waals surface area contributed by atoms with E-state index in [0.29, 0.717) is 6.42 Å². The minimum absolute atomic E-state index is 0.185. The first kappa shape index (κ1) is 18.5. The smallest absolute Gasteiger partial charge is 0.407 e. The summed E-state index contributed by atoms with van der Waals surface area (Å²) < 4.78 is 5.30. The average molecular weight is 340 g/mol. The Morgan fingerprint density at radius 2 is 2.08 bits per heavy atom. The summed E-state index contributed by atoms with van der Waals surface area (Å²) in [6.45, 7) is 7.50. The van der Waals surface area contributed by atoms with E-state index < -0.39 is 29.7 Å². The summed E-state index contributed by atoms with van der Waals surface area (Å²) >= 11 is 0. The Balaban J connectivity index is 2.06. The summed E-state index contributed by atoms with van der Waals surface area (Å²) in [7, 11) is 0. The van der Waals surface area contributed by atoms with Gasteiger partial charge in [-0.25, -0.2) is 4.79 Å². The largest absolute Gasteiger partial charge is 0.481 e. The lowest BCUT2D eigenvalue weighted by atomic mass is 9.91. The number of oxime groups is 1. The molecule has 0 aromatic carbocycles. The molecule has 2 rings (SSSR count). The summed E-state index contributed by atoms with van der Waals surface area (Å²) in [5.74, 6) is -1.76. The number of amides is 1. The summed E-state index contributed by atoms with van der Waals surface area (Å²) in [5.41, 5.74) is 0.261. The third kappa shape index (κ3) is 4.39. The molecule has 0 aromatic heterocycles. The molecule has 2 aliphatic rings. The quantitative estimate of drug-likeness (QED) is 0.725. The molecule has 136 valence electrons. The third-order valence-corrected chi connectivity index (χ3v) is 4.42. The van der Waals surface area contributed by atoms with Crippen LogP contribution >= 0.6 is 0 Å². The standard InChI is InChI=1S/C17H28N2O5/c1-5-6-7-8-11-13-12(18-16(22)23-17(2,3)4)9-10(15(20)21)14(13)24-19-11/h10,12-14H,5-9H2,1-4H3,(H,18,22)(H,20,21). The minimum Gasteiger partial charge on any atom is -0.481 e. The summed E-state index contributed by atoms with van der Waals surface area (Å²) in [6.07, 6.45) is 3.24. The van der Waals surface area contributed by atoms with E-state index >= 15 is 0 Å². The maximum Gasteiger partial charge on any atom is 0.407 e. The van der Waals surface area contributed by atoms with Crippen molar-refractivity contribution in [2.45, 2.75) is 77.5 Å². The SMILES string of the molecule is CCCCCC1=NOC2C(C(=O)O)CC(NC(=O)OC(C)(C)C)C12. The van der Waals surface area contributed by atoms with Crippen LogP contribution in [-0.4, -0.2) is 40.6 Å². The van der Waals surface area contributed by atoms with E-state index in [-0.39, 0.29) is 12.0 Å². The zero-order valence-corrected chi connectivity index (χ0v) is 14.9. The Labute approximate surface area is 142 Å². The van der Waals surface area contributed by atoms with E-state index in [4.69, 9.17) is 9.57 Å². The van der Waals surface area contributed by atoms with Crippen LogP contribution in [0.3, 0.4) is 0 Å². The van der Waals surface area contributed by atoms with E-state index in [1.165, 1.54) is 0 Å². The third-order valence-electron chi connectivity index (χ3n) is 4.42. The van der Waals surface area contributed by atoms with Crippen LogP contribution < -0.4 is 5.32 Å². The summed E-state index contributed by atoms with van der Waals surface area (Å²) in [5, 5.41) is 16.4. The molecule has 0 bridgehead atoms. The Bertz CT molecular complexity index is 512. The molecule has 1 saturated carbocycles. The molecule has 1 heterocycles. The molecule has 7 nitrogen and oxygen atoms in total. The number of carbonyl (C=O) groups is 2. The normalized spacial score (nSPS) is 28.8. The first-order valence-electron chi connectivity index (χ1n) is 8.68. The molecular weight excluding hydrogens is 312 g/mol. The summed E-state index contributed by atoms with van der Waals surface area (Å²) in [4.78, 5) is 29.0. The molecular formula is C17H28N2O5. The first-order valence-corrected chi connectivity index (χ1v) is 8.68. The number of carboxylic acid groups (broad SMARTS) is 1. The van der Waals surface area contributed by atoms with Crippen LogP contribution in [-0.2, 0) is 14.4 Å². The van der Waals surface area contributed by atoms with Gasteiger partial charge in [-0.05, 0) is 40.0 Å². The molecule has 0 aromatic rings. The van der Waals surface area contributed by atoms with E-state index in [1.807, 2.05) is 0 Å². The number of ether oxygens (including phenoxy) is 1. The van der Waals surface area contributed by atoms with E-state index in [9.17, 15) is 14.7 Å². The maximum atomic E-state index is 12.1. The predicted molar refractivity (Wildman–Crippen MR) is 88.8 cm³/mol. The van der Waals surface area contributed by atoms with Gasteiger partial charge in [0.25, 0.3) is 0 Å². The van der Waals surface area contributed by atoms with Crippen molar-refractivity contribution in [3.8, 4) is 0 Å². The highest BCUT2D eigenvalue weighted by atomic mass is 16.6. The highest BCUT2D eigenvalue weighted by Crippen LogP contribution is 2.40. The molecule has 1 fully saturated rings. The van der Waals surface area contributed by atoms with Crippen molar-refractivity contribution in [1.29, 1.82) is 0 Å². The van der Waals surface area contributed by atoms with Gasteiger partial charge in [-0.2, -0.15) is 0 Å². The average Bonchev–Trinajstić information content (AvgIpc) is 2.99. The second-order valence-electron chi connectivity index (χ2n) is 7.57. The second-order valence-corrected chi connectivity index (χ2v) is 7.57. The zero-order chi connectivity index (χ0) is 17.9. The van der Waals surface area contributed by atoms with Gasteiger partial charge in [0.2, 0.25) is 0 Å². The number of nitrogens with zero attached hydrogens (tertiary/aromatic N) is 1. The van der Waals surface area contributed by atoms with Crippen LogP contribution in [0, 0.1) is 11.8 Å². The summed E-state index contributed by atoms with van der Waals surface area (Å²) in [6, 6.07) is -0.325. The van der Waals surface area contributed by atoms with Crippen LogP contribution in [0.5, 0.6) is 0 Å². The Kier molecular flexibility index (Phi) is 5.72. The Morgan fingerprint density at radius 1 is 1.38 bits per heavy atom. The van der Waals surface area contributed by atoms with Gasteiger partial charge in [-0.3, -0.25) is 4.79 Å². The van der Waals surface area contributed by atoms with E-state index in [2.05, 4.69) is 17.4 Å². The van der Waals surface area contributed by atoms with Gasteiger partial charge >= 0.3 is 12.1 Å². The number of nitrogens with one attached hydrogen (secondary N) is 1. The second kappa shape index (κ2) is 7.40. The van der Waals surface area contributed by atoms with Crippen LogP contribution in [0.15, 0.2) is 5.16 Å². The molecule has 7 heteroatoms. The van der Waals surface area contributed by atoms with Gasteiger partial charge in [-0.1, -0.05) is 24.9 Å². The highest BCUT2D eigenvalue weighted by molar-refractivity contribution is 5.91. The van der Waals surface area contributed by atoms with Crippen LogP contribution in [0.1, 0.15) is 59.8 Å². The Morgan fingerprint density at radius 3 is 2.67 bits per heavy atom. The number of fused-ring (bicyclic) bond motifs is 1. The van der Waals surface area contributed by atoms with Gasteiger partial charge in [0.15, 0.2) is 6.10 Å². The zero-order valence-electron chi connectivity index (χ0n) is 14.9. The van der Waals surface area contributed by atoms with Gasteiger partial charge < -0.3 is 20.0 Å². The number of alkyl carbamates (subject to hydrolysis) is 1. The predicted octanol–water partition coefficient (Wildman–Crippen LogP) is 2.94. The number of unbranched alkanes of at least 4 members (excludes halogenated alkanes) is 2. The van der Waals surface area contributed by atoms with E-state index in [1.54, 1.807) is 20.8 Å². The molecule has 0 saturated heterocycles. The number of carbonyl (C=O) groups excluding carboxylic acids is 1. The Hall–Kier alpha value is -1.79. The molecule has 0 radical (unpaired) electrons. The lowest BCUT2D eigenvalue weighted by molar-refractivity contribution is -0.145. The molecule has 2 N–H and O–H groups in total. The number of hydrogen-bond donors (Lipinski definition) is 2. The number of hydrogen-bond acceptors (Lipinski definition) is 5. The molecule has 4 unspecified atom stereocenters. The molecule has 4 atom stereocenters. The van der Waals surface area contributed by atoms with Crippen molar-refractivity contribution in [2.75, 3.05) is 0 Å². The minimum atomic E-state index is -0.913. The van der Waals surface area contributed by atoms with Gasteiger partial charge in [-0.15, -0.1) is 0 Å². The molecule has 24 heavy (non-hydrogen) atoms. The van der Waals surface area contributed by atoms with Gasteiger partial charge in [0.05, 0.1) is 17.5 Å². The fourth-order valence-corrected chi connectivity index (χ4v) is 3.40. The van der Waals surface area contributed by atoms with Crippen molar-refractivity contribution in [1.82, 2.24) is 5.32 Å². The number of carboxylic acids is 1. The molecule has 1 aliphatic carbocycles. The van der Waals surface area contributed by atoms with Gasteiger partial charge in [0, 0.05) is 6.04 Å². The monoisotopic (exact) mass is 340 g/mol. The van der Waals surface area contributed by atoms with Crippen molar-refractivity contribution >= 4 is 17.8 Å². The fourth-order valence-electron chi connectivity index (χ4n) is 3.40. The van der Waals surface area contributed by atoms with Gasteiger partial charge in [0.1, 0.15) is 5.60 Å². The fraction of sp³-hybridized carbons (Fsp3) is 0.824. The number of rotatable bonds is 6. The molecule has 1 amide bonds. The van der Waals surface area contributed by atoms with Crippen molar-refractivity contribution < 1.29 is 24.3 Å². The highest BCUT2D eigenvalue weighted by Gasteiger charge is 2.54. The van der Waals surface area contributed by atoms with Crippen LogP contribution in [0.25, 0.3) is 0 Å². The van der Waals surface area contributed by atoms with Crippen molar-refractivity contribution in [3.63, 3.8) is 0 Å².